The smallest absolute Gasteiger partial charge is 0.229 e. The molecular weight excluding hydrogens is 330 g/mol. The summed E-state index contributed by atoms with van der Waals surface area (Å²) in [6.45, 7) is 2.44. The fourth-order valence-electron chi connectivity index (χ4n) is 3.94. The summed E-state index contributed by atoms with van der Waals surface area (Å²) in [5.74, 6) is 1.33. The molecule has 3 heterocycles. The Morgan fingerprint density at radius 3 is 2.69 bits per heavy atom. The highest BCUT2D eigenvalue weighted by molar-refractivity contribution is 5.97. The molecule has 2 aromatic heterocycles. The van der Waals surface area contributed by atoms with E-state index in [1.165, 1.54) is 12.8 Å². The van der Waals surface area contributed by atoms with Crippen molar-refractivity contribution in [2.45, 2.75) is 45.1 Å². The Morgan fingerprint density at radius 1 is 1.23 bits per heavy atom. The van der Waals surface area contributed by atoms with Crippen LogP contribution in [0.1, 0.15) is 37.9 Å². The number of carbonyl (C=O) groups is 2. The van der Waals surface area contributed by atoms with Crippen LogP contribution in [-0.4, -0.2) is 43.8 Å². The molecule has 1 unspecified atom stereocenters. The van der Waals surface area contributed by atoms with E-state index in [2.05, 4.69) is 15.3 Å². The number of rotatable bonds is 4. The molecule has 26 heavy (non-hydrogen) atoms. The molecule has 1 aliphatic heterocycles. The van der Waals surface area contributed by atoms with E-state index >= 15 is 0 Å². The van der Waals surface area contributed by atoms with Crippen LogP contribution in [0, 0.1) is 12.8 Å². The first-order valence-electron chi connectivity index (χ1n) is 9.18. The van der Waals surface area contributed by atoms with E-state index in [1.807, 2.05) is 34.7 Å². The summed E-state index contributed by atoms with van der Waals surface area (Å²) in [6.07, 6.45) is 10.0. The largest absolute Gasteiger partial charge is 0.339 e. The van der Waals surface area contributed by atoms with Gasteiger partial charge in [0.1, 0.15) is 11.6 Å². The van der Waals surface area contributed by atoms with Gasteiger partial charge in [-0.1, -0.05) is 12.8 Å². The molecule has 1 atom stereocenters. The van der Waals surface area contributed by atoms with Crippen molar-refractivity contribution in [2.24, 2.45) is 5.92 Å². The minimum Gasteiger partial charge on any atom is -0.339 e. The van der Waals surface area contributed by atoms with Crippen molar-refractivity contribution in [1.82, 2.24) is 19.4 Å². The van der Waals surface area contributed by atoms with Crippen molar-refractivity contribution < 1.29 is 9.59 Å². The third-order valence-corrected chi connectivity index (χ3v) is 5.38. The second kappa shape index (κ2) is 6.90. The molecule has 0 aromatic carbocycles. The van der Waals surface area contributed by atoms with Crippen molar-refractivity contribution in [3.05, 3.63) is 36.5 Å². The van der Waals surface area contributed by atoms with E-state index in [4.69, 9.17) is 0 Å². The summed E-state index contributed by atoms with van der Waals surface area (Å²) < 4.78 is 1.88. The van der Waals surface area contributed by atoms with E-state index < -0.39 is 0 Å². The Balaban J connectivity index is 1.39. The lowest BCUT2D eigenvalue weighted by atomic mass is 10.1. The lowest BCUT2D eigenvalue weighted by Crippen LogP contribution is -2.35. The zero-order valence-electron chi connectivity index (χ0n) is 14.9. The number of hydrogen-bond donors (Lipinski definition) is 1. The number of anilines is 1. The highest BCUT2D eigenvalue weighted by atomic mass is 16.2. The lowest BCUT2D eigenvalue weighted by Gasteiger charge is -2.23. The van der Waals surface area contributed by atoms with Crippen LogP contribution in [0.15, 0.2) is 30.7 Å². The monoisotopic (exact) mass is 353 g/mol. The van der Waals surface area contributed by atoms with Crippen LogP contribution in [-0.2, 0) is 9.59 Å². The molecule has 0 radical (unpaired) electrons. The molecule has 4 rings (SSSR count). The number of nitrogens with one attached hydrogen (secondary N) is 1. The van der Waals surface area contributed by atoms with Crippen molar-refractivity contribution >= 4 is 17.5 Å². The first-order chi connectivity index (χ1) is 12.6. The lowest BCUT2D eigenvalue weighted by molar-refractivity contribution is -0.129. The second-order valence-electron chi connectivity index (χ2n) is 7.12. The van der Waals surface area contributed by atoms with Gasteiger partial charge in [0.25, 0.3) is 0 Å². The van der Waals surface area contributed by atoms with Gasteiger partial charge in [-0.15, -0.1) is 0 Å². The van der Waals surface area contributed by atoms with Crippen LogP contribution in [0.2, 0.25) is 0 Å². The summed E-state index contributed by atoms with van der Waals surface area (Å²) in [5.41, 5.74) is 0.642. The van der Waals surface area contributed by atoms with Crippen molar-refractivity contribution in [3.8, 4) is 5.82 Å². The van der Waals surface area contributed by atoms with E-state index in [0.29, 0.717) is 24.7 Å². The summed E-state index contributed by atoms with van der Waals surface area (Å²) in [4.78, 5) is 35.3. The molecule has 0 bridgehead atoms. The molecule has 2 aliphatic rings. The third kappa shape index (κ3) is 3.21. The van der Waals surface area contributed by atoms with Gasteiger partial charge in [-0.3, -0.25) is 14.2 Å². The Kier molecular flexibility index (Phi) is 4.44. The number of imidazole rings is 1. The molecule has 1 saturated carbocycles. The highest BCUT2D eigenvalue weighted by Crippen LogP contribution is 2.30. The Labute approximate surface area is 152 Å². The van der Waals surface area contributed by atoms with Gasteiger partial charge in [-0.2, -0.15) is 0 Å². The van der Waals surface area contributed by atoms with E-state index in [0.717, 1.165) is 24.5 Å². The normalized spacial score (nSPS) is 20.7. The molecule has 1 aliphatic carbocycles. The zero-order chi connectivity index (χ0) is 18.1. The summed E-state index contributed by atoms with van der Waals surface area (Å²) in [6, 6.07) is 4.00. The molecule has 7 nitrogen and oxygen atoms in total. The maximum absolute atomic E-state index is 12.6. The predicted molar refractivity (Wildman–Crippen MR) is 96.8 cm³/mol. The summed E-state index contributed by atoms with van der Waals surface area (Å²) in [5, 5.41) is 2.90. The molecule has 0 spiro atoms. The quantitative estimate of drug-likeness (QED) is 0.915. The van der Waals surface area contributed by atoms with Crippen molar-refractivity contribution in [2.75, 3.05) is 11.9 Å². The minimum atomic E-state index is -0.279. The SMILES string of the molecule is Cc1nccn1-c1ccc(NC(=O)C2CC(=O)N(C3CCCC3)C2)cn1. The first kappa shape index (κ1) is 16.8. The standard InChI is InChI=1S/C19H23N5O2/c1-13-20-8-9-23(13)17-7-6-15(11-21-17)22-19(26)14-10-18(25)24(12-14)16-4-2-3-5-16/h6-9,11,14,16H,2-5,10,12H2,1H3,(H,22,26). The van der Waals surface area contributed by atoms with Gasteiger partial charge in [0.15, 0.2) is 0 Å². The van der Waals surface area contributed by atoms with Crippen molar-refractivity contribution in [1.29, 1.82) is 0 Å². The van der Waals surface area contributed by atoms with Gasteiger partial charge in [0, 0.05) is 31.4 Å². The number of carbonyl (C=O) groups excluding carboxylic acids is 2. The molecule has 2 aromatic rings. The number of aromatic nitrogens is 3. The summed E-state index contributed by atoms with van der Waals surface area (Å²) in [7, 11) is 0. The number of aryl methyl sites for hydroxylation is 1. The van der Waals surface area contributed by atoms with Crippen LogP contribution in [0.3, 0.4) is 0 Å². The number of pyridine rings is 1. The minimum absolute atomic E-state index is 0.104. The fraction of sp³-hybridized carbons (Fsp3) is 0.474. The average Bonchev–Trinajstić information content (AvgIpc) is 3.36. The van der Waals surface area contributed by atoms with Crippen LogP contribution < -0.4 is 5.32 Å². The van der Waals surface area contributed by atoms with Gasteiger partial charge in [-0.05, 0) is 31.9 Å². The Morgan fingerprint density at radius 2 is 2.04 bits per heavy atom. The molecule has 2 amide bonds. The van der Waals surface area contributed by atoms with Gasteiger partial charge in [0.05, 0.1) is 17.8 Å². The van der Waals surface area contributed by atoms with Gasteiger partial charge in [-0.25, -0.2) is 9.97 Å². The number of amides is 2. The van der Waals surface area contributed by atoms with Crippen LogP contribution in [0.25, 0.3) is 5.82 Å². The fourth-order valence-corrected chi connectivity index (χ4v) is 3.94. The number of nitrogens with zero attached hydrogens (tertiary/aromatic N) is 4. The van der Waals surface area contributed by atoms with Crippen LogP contribution in [0.5, 0.6) is 0 Å². The molecule has 7 heteroatoms. The first-order valence-corrected chi connectivity index (χ1v) is 9.18. The molecule has 1 saturated heterocycles. The van der Waals surface area contributed by atoms with Crippen LogP contribution >= 0.6 is 0 Å². The van der Waals surface area contributed by atoms with Gasteiger partial charge < -0.3 is 10.2 Å². The van der Waals surface area contributed by atoms with E-state index in [1.54, 1.807) is 12.4 Å². The number of likely N-dealkylation sites (tertiary alicyclic amines) is 1. The molecular formula is C19H23N5O2. The van der Waals surface area contributed by atoms with Crippen molar-refractivity contribution in [3.63, 3.8) is 0 Å². The van der Waals surface area contributed by atoms with Gasteiger partial charge in [0.2, 0.25) is 11.8 Å². The number of hydrogen-bond acceptors (Lipinski definition) is 4. The average molecular weight is 353 g/mol. The molecule has 136 valence electrons. The summed E-state index contributed by atoms with van der Waals surface area (Å²) >= 11 is 0. The molecule has 2 fully saturated rings. The van der Waals surface area contributed by atoms with Gasteiger partial charge >= 0.3 is 0 Å². The van der Waals surface area contributed by atoms with Crippen LogP contribution in [0.4, 0.5) is 5.69 Å². The highest BCUT2D eigenvalue weighted by Gasteiger charge is 2.38. The topological polar surface area (TPSA) is 80.1 Å². The van der Waals surface area contributed by atoms with E-state index in [9.17, 15) is 9.59 Å². The maximum Gasteiger partial charge on any atom is 0.229 e. The predicted octanol–water partition coefficient (Wildman–Crippen LogP) is 2.31. The Hall–Kier alpha value is -2.70. The molecule has 1 N–H and O–H groups in total. The second-order valence-corrected chi connectivity index (χ2v) is 7.12. The Bertz CT molecular complexity index is 808. The maximum atomic E-state index is 12.6. The van der Waals surface area contributed by atoms with E-state index in [-0.39, 0.29) is 17.7 Å². The third-order valence-electron chi connectivity index (χ3n) is 5.38. The zero-order valence-corrected chi connectivity index (χ0v) is 14.9.